The van der Waals surface area contributed by atoms with Gasteiger partial charge in [-0.1, -0.05) is 0 Å². The van der Waals surface area contributed by atoms with E-state index in [1.807, 2.05) is 0 Å². The van der Waals surface area contributed by atoms with Crippen molar-refractivity contribution in [2.24, 2.45) is 0 Å². The van der Waals surface area contributed by atoms with Crippen molar-refractivity contribution in [3.63, 3.8) is 0 Å². The molecular formula is C10H3F21NaO4P. The Morgan fingerprint density at radius 1 is 0.432 bits per heavy atom. The van der Waals surface area contributed by atoms with Crippen LogP contribution in [0, 0.1) is 6.43 Å². The van der Waals surface area contributed by atoms with Gasteiger partial charge in [-0.15, -0.1) is 0 Å². The number of hydrogen-bond acceptors (Lipinski definition) is 1. The minimum absolute atomic E-state index is 0. The summed E-state index contributed by atoms with van der Waals surface area (Å²) < 4.78 is 273. The van der Waals surface area contributed by atoms with Gasteiger partial charge in [0.25, 0.3) is 5.92 Å². The van der Waals surface area contributed by atoms with Gasteiger partial charge >= 0.3 is 85.0 Å². The molecule has 220 valence electrons. The fourth-order valence-electron chi connectivity index (χ4n) is 1.48. The van der Waals surface area contributed by atoms with Crippen LogP contribution in [0.15, 0.2) is 0 Å². The minimum atomic E-state index is -9.12. The number of phosphoric acid groups is 1. The third kappa shape index (κ3) is 6.69. The second kappa shape index (κ2) is 10.9. The third-order valence-electron chi connectivity index (χ3n) is 3.35. The molecule has 0 aromatic carbocycles. The largest absolute Gasteiger partial charge is 1.00 e. The fraction of sp³-hybridized carbons (Fsp3) is 0.900. The van der Waals surface area contributed by atoms with Crippen LogP contribution in [0.3, 0.4) is 0 Å². The molecule has 0 unspecified atom stereocenters. The molecule has 0 heterocycles. The van der Waals surface area contributed by atoms with Crippen LogP contribution in [0.25, 0.3) is 0 Å². The van der Waals surface area contributed by atoms with Crippen molar-refractivity contribution in [1.82, 2.24) is 0 Å². The van der Waals surface area contributed by atoms with Crippen LogP contribution in [0.5, 0.6) is 0 Å². The Morgan fingerprint density at radius 3 is 0.757 bits per heavy atom. The molecule has 0 aromatic heterocycles. The molecule has 0 bridgehead atoms. The van der Waals surface area contributed by atoms with Gasteiger partial charge in [-0.2, -0.15) is 74.6 Å². The van der Waals surface area contributed by atoms with E-state index in [1.165, 1.54) is 0 Å². The maximum atomic E-state index is 13.1. The first kappa shape index (κ1) is 41.1. The second-order valence-corrected chi connectivity index (χ2v) is 6.89. The van der Waals surface area contributed by atoms with E-state index in [-0.39, 0.29) is 29.6 Å². The van der Waals surface area contributed by atoms with E-state index in [4.69, 9.17) is 19.2 Å². The molecule has 0 radical (unpaired) electrons. The first-order chi connectivity index (χ1) is 14.9. The van der Waals surface area contributed by atoms with Gasteiger partial charge < -0.3 is 23.5 Å². The summed E-state index contributed by atoms with van der Waals surface area (Å²) >= 11 is 0. The van der Waals surface area contributed by atoms with Crippen molar-refractivity contribution in [1.29, 1.82) is 0 Å². The average molecular weight is 640 g/mol. The smallest absolute Gasteiger partial charge is 0.415 e. The van der Waals surface area contributed by atoms with E-state index in [0.29, 0.717) is 0 Å². The Hall–Kier alpha value is -0.360. The van der Waals surface area contributed by atoms with Crippen LogP contribution in [-0.2, 0) is 4.57 Å². The van der Waals surface area contributed by atoms with Gasteiger partial charge in [-0.3, -0.25) is 0 Å². The summed E-state index contributed by atoms with van der Waals surface area (Å²) in [5.41, 5.74) is 0. The van der Waals surface area contributed by atoms with Crippen molar-refractivity contribution in [3.05, 3.63) is 6.43 Å². The topological polar surface area (TPSA) is 77.8 Å². The Kier molecular flexibility index (Phi) is 12.1. The standard InChI is InChI=1S/C10F21.Na.H3O4P/c11-1(12)2(13,14)3(15,16)4(17,18)5(19,20)6(21,22)7(23,24)8(25,26)9(27,28)10(29,30)31;;1-5(2,3)4/h;;(H3,1,2,3,4)/q-1;+1;. The predicted octanol–water partition coefficient (Wildman–Crippen LogP) is 3.13. The molecule has 0 amide bonds. The summed E-state index contributed by atoms with van der Waals surface area (Å²) in [7, 11) is -4.64. The van der Waals surface area contributed by atoms with Crippen molar-refractivity contribution in [2.75, 3.05) is 0 Å². The molecule has 0 spiro atoms. The zero-order chi connectivity index (χ0) is 30.6. The van der Waals surface area contributed by atoms with E-state index >= 15 is 0 Å². The van der Waals surface area contributed by atoms with E-state index in [0.717, 1.165) is 0 Å². The normalized spacial score (nSPS) is 15.7. The summed E-state index contributed by atoms with van der Waals surface area (Å²) in [6.07, 6.45) is -13.2. The number of rotatable bonds is 8. The Balaban J connectivity index is -0.00000174. The Morgan fingerprint density at radius 2 is 0.595 bits per heavy atom. The van der Waals surface area contributed by atoms with E-state index in [9.17, 15) is 92.2 Å². The quantitative estimate of drug-likeness (QED) is 0.165. The molecule has 0 fully saturated rings. The summed E-state index contributed by atoms with van der Waals surface area (Å²) in [5, 5.41) is 0. The maximum Gasteiger partial charge on any atom is 1.00 e. The number of hydrogen-bond donors (Lipinski definition) is 3. The maximum absolute atomic E-state index is 13.1. The molecule has 0 atom stereocenters. The van der Waals surface area contributed by atoms with Gasteiger partial charge in [0.1, 0.15) is 0 Å². The Bertz CT molecular complexity index is 808. The van der Waals surface area contributed by atoms with Crippen molar-refractivity contribution in [2.45, 2.75) is 53.6 Å². The van der Waals surface area contributed by atoms with Crippen molar-refractivity contribution < 1.29 is 141 Å². The number of alkyl halides is 19. The van der Waals surface area contributed by atoms with Crippen LogP contribution in [0.2, 0.25) is 0 Å². The van der Waals surface area contributed by atoms with Gasteiger partial charge in [0.2, 0.25) is 0 Å². The molecule has 3 N–H and O–H groups in total. The minimum Gasteiger partial charge on any atom is -0.415 e. The van der Waals surface area contributed by atoms with Crippen LogP contribution < -0.4 is 29.6 Å². The average Bonchev–Trinajstić information content (AvgIpc) is 2.57. The zero-order valence-electron chi connectivity index (χ0n) is 16.1. The van der Waals surface area contributed by atoms with Crippen molar-refractivity contribution in [3.8, 4) is 0 Å². The molecule has 0 saturated heterocycles. The van der Waals surface area contributed by atoms with Crippen LogP contribution in [0.1, 0.15) is 0 Å². The first-order valence-corrected chi connectivity index (χ1v) is 8.57. The Labute approximate surface area is 209 Å². The molecule has 0 saturated carbocycles. The molecular weight excluding hydrogens is 637 g/mol. The van der Waals surface area contributed by atoms with Crippen LogP contribution >= 0.6 is 7.82 Å². The van der Waals surface area contributed by atoms with Gasteiger partial charge in [0.05, 0.1) is 6.43 Å². The summed E-state index contributed by atoms with van der Waals surface area (Å²) in [4.78, 5) is 21.6. The van der Waals surface area contributed by atoms with Gasteiger partial charge in [-0.25, -0.2) is 13.3 Å². The van der Waals surface area contributed by atoms with E-state index in [2.05, 4.69) is 0 Å². The fourth-order valence-corrected chi connectivity index (χ4v) is 1.48. The summed E-state index contributed by atoms with van der Waals surface area (Å²) in [6, 6.07) is 0. The molecule has 0 aliphatic heterocycles. The third-order valence-corrected chi connectivity index (χ3v) is 3.35. The monoisotopic (exact) mass is 640 g/mol. The molecule has 0 aliphatic carbocycles. The molecule has 4 nitrogen and oxygen atoms in total. The van der Waals surface area contributed by atoms with Crippen molar-refractivity contribution >= 4 is 7.82 Å². The first-order valence-electron chi connectivity index (χ1n) is 7.00. The zero-order valence-corrected chi connectivity index (χ0v) is 19.0. The SMILES string of the molecule is F[C-](F)C(F)(F)C(F)(F)C(F)(F)C(F)(F)C(F)(F)C(F)(F)C(F)(F)C(F)(F)C(F)(F)F.O=P(O)(O)O.[Na+]. The van der Waals surface area contributed by atoms with Crippen LogP contribution in [-0.4, -0.2) is 68.2 Å². The van der Waals surface area contributed by atoms with E-state index in [1.54, 1.807) is 0 Å². The number of halogens is 21. The summed E-state index contributed by atoms with van der Waals surface area (Å²) in [5.74, 6) is -69.7. The molecule has 0 rings (SSSR count). The van der Waals surface area contributed by atoms with Gasteiger partial charge in [0.15, 0.2) is 0 Å². The second-order valence-electron chi connectivity index (χ2n) is 5.87. The predicted molar refractivity (Wildman–Crippen MR) is 65.4 cm³/mol. The van der Waals surface area contributed by atoms with E-state index < -0.39 is 67.8 Å². The van der Waals surface area contributed by atoms with Gasteiger partial charge in [-0.05, 0) is 0 Å². The molecule has 37 heavy (non-hydrogen) atoms. The van der Waals surface area contributed by atoms with Crippen LogP contribution in [0.4, 0.5) is 92.2 Å². The molecule has 0 aliphatic rings. The van der Waals surface area contributed by atoms with Gasteiger partial charge in [0, 0.05) is 0 Å². The summed E-state index contributed by atoms with van der Waals surface area (Å²) in [6.45, 7) is 0. The molecule has 27 heteroatoms. The molecule has 0 aromatic rings.